The number of rotatable bonds is 4. The fraction of sp³-hybridized carbons (Fsp3) is 0.529. The van der Waals surface area contributed by atoms with Gasteiger partial charge in [0.25, 0.3) is 0 Å². The highest BCUT2D eigenvalue weighted by Crippen LogP contribution is 2.30. The lowest BCUT2D eigenvalue weighted by atomic mass is 10.0. The van der Waals surface area contributed by atoms with Crippen molar-refractivity contribution in [2.24, 2.45) is 0 Å². The molecule has 0 radical (unpaired) electrons. The van der Waals surface area contributed by atoms with Gasteiger partial charge in [0.15, 0.2) is 0 Å². The highest BCUT2D eigenvalue weighted by atomic mass is 16.2. The van der Waals surface area contributed by atoms with E-state index in [4.69, 9.17) is 0 Å². The van der Waals surface area contributed by atoms with Gasteiger partial charge in [-0.2, -0.15) is 0 Å². The summed E-state index contributed by atoms with van der Waals surface area (Å²) in [7, 11) is 0. The monoisotopic (exact) mass is 301 g/mol. The summed E-state index contributed by atoms with van der Waals surface area (Å²) in [5.41, 5.74) is 3.68. The Morgan fingerprint density at radius 2 is 2.09 bits per heavy atom. The molecule has 2 N–H and O–H groups in total. The summed E-state index contributed by atoms with van der Waals surface area (Å²) < 4.78 is 0. The van der Waals surface area contributed by atoms with E-state index >= 15 is 0 Å². The third kappa shape index (κ3) is 3.14. The second kappa shape index (κ2) is 6.08. The number of carbonyl (C=O) groups excluding carboxylic acids is 2. The molecule has 1 aliphatic heterocycles. The Balaban J connectivity index is 1.76. The number of hydrogen-bond acceptors (Lipinski definition) is 3. The van der Waals surface area contributed by atoms with Crippen molar-refractivity contribution >= 4 is 11.8 Å². The molecule has 1 saturated heterocycles. The van der Waals surface area contributed by atoms with Gasteiger partial charge in [0, 0.05) is 19.1 Å². The lowest BCUT2D eigenvalue weighted by Gasteiger charge is -2.31. The normalized spacial score (nSPS) is 21.4. The van der Waals surface area contributed by atoms with E-state index in [9.17, 15) is 9.59 Å². The molecular formula is C17H23N3O2. The average Bonchev–Trinajstić information content (AvgIpc) is 3.33. The third-order valence-electron chi connectivity index (χ3n) is 4.60. The maximum atomic E-state index is 12.8. The molecule has 5 heteroatoms. The van der Waals surface area contributed by atoms with E-state index in [0.29, 0.717) is 25.7 Å². The summed E-state index contributed by atoms with van der Waals surface area (Å²) in [5, 5.41) is 5.80. The first-order valence-corrected chi connectivity index (χ1v) is 7.92. The van der Waals surface area contributed by atoms with E-state index in [-0.39, 0.29) is 11.8 Å². The van der Waals surface area contributed by atoms with Gasteiger partial charge in [-0.25, -0.2) is 0 Å². The van der Waals surface area contributed by atoms with Crippen LogP contribution >= 0.6 is 0 Å². The van der Waals surface area contributed by atoms with E-state index < -0.39 is 6.04 Å². The second-order valence-corrected chi connectivity index (χ2v) is 6.31. The van der Waals surface area contributed by atoms with Crippen LogP contribution in [0, 0.1) is 13.8 Å². The zero-order chi connectivity index (χ0) is 15.7. The van der Waals surface area contributed by atoms with Crippen LogP contribution in [-0.2, 0) is 16.1 Å². The van der Waals surface area contributed by atoms with E-state index in [1.54, 1.807) is 0 Å². The number of nitrogens with zero attached hydrogens (tertiary/aromatic N) is 1. The molecule has 0 bridgehead atoms. The Labute approximate surface area is 131 Å². The molecule has 2 fully saturated rings. The van der Waals surface area contributed by atoms with Gasteiger partial charge >= 0.3 is 0 Å². The van der Waals surface area contributed by atoms with Gasteiger partial charge in [-0.3, -0.25) is 9.59 Å². The van der Waals surface area contributed by atoms with Crippen molar-refractivity contribution in [1.29, 1.82) is 0 Å². The molecule has 1 atom stereocenters. The van der Waals surface area contributed by atoms with Crippen molar-refractivity contribution in [2.75, 3.05) is 13.1 Å². The van der Waals surface area contributed by atoms with Crippen LogP contribution in [0.4, 0.5) is 0 Å². The maximum absolute atomic E-state index is 12.8. The number of piperazine rings is 1. The van der Waals surface area contributed by atoms with Gasteiger partial charge < -0.3 is 15.5 Å². The summed E-state index contributed by atoms with van der Waals surface area (Å²) >= 11 is 0. The first-order chi connectivity index (χ1) is 10.6. The predicted octanol–water partition coefficient (Wildman–Crippen LogP) is 0.882. The number of amides is 2. The molecule has 3 rings (SSSR count). The predicted molar refractivity (Wildman–Crippen MR) is 84.3 cm³/mol. The molecule has 0 spiro atoms. The van der Waals surface area contributed by atoms with E-state index in [2.05, 4.69) is 36.6 Å². The third-order valence-corrected chi connectivity index (χ3v) is 4.60. The van der Waals surface area contributed by atoms with Crippen LogP contribution in [0.15, 0.2) is 18.2 Å². The summed E-state index contributed by atoms with van der Waals surface area (Å²) in [6.45, 7) is 5.63. The van der Waals surface area contributed by atoms with Crippen LogP contribution < -0.4 is 10.6 Å². The maximum Gasteiger partial charge on any atom is 0.247 e. The molecule has 1 aromatic rings. The summed E-state index contributed by atoms with van der Waals surface area (Å²) in [5.74, 6) is -0.0731. The zero-order valence-electron chi connectivity index (χ0n) is 13.2. The van der Waals surface area contributed by atoms with Gasteiger partial charge in [-0.15, -0.1) is 0 Å². The van der Waals surface area contributed by atoms with Gasteiger partial charge in [0.2, 0.25) is 11.8 Å². The minimum absolute atomic E-state index is 0.0314. The number of carbonyl (C=O) groups is 2. The molecule has 0 aromatic heterocycles. The van der Waals surface area contributed by atoms with E-state index in [0.717, 1.165) is 12.8 Å². The molecule has 118 valence electrons. The Kier molecular flexibility index (Phi) is 4.16. The summed E-state index contributed by atoms with van der Waals surface area (Å²) in [6, 6.07) is 6.10. The number of nitrogens with one attached hydrogen (secondary N) is 2. The van der Waals surface area contributed by atoms with Gasteiger partial charge in [-0.1, -0.05) is 18.2 Å². The summed E-state index contributed by atoms with van der Waals surface area (Å²) in [6.07, 6.45) is 2.12. The Morgan fingerprint density at radius 1 is 1.32 bits per heavy atom. The zero-order valence-corrected chi connectivity index (χ0v) is 13.2. The number of benzene rings is 1. The molecule has 1 aliphatic carbocycles. The van der Waals surface area contributed by atoms with Crippen molar-refractivity contribution in [1.82, 2.24) is 15.5 Å². The van der Waals surface area contributed by atoms with Crippen LogP contribution in [0.25, 0.3) is 0 Å². The molecule has 1 aromatic carbocycles. The standard InChI is InChI=1S/C17H23N3O2/c1-11-4-3-5-13(12(11)2)10-20(14-6-7-14)17(22)15-8-18-9-16(21)19-15/h3-5,14-15,18H,6-10H2,1-2H3,(H,19,21). The largest absolute Gasteiger partial charge is 0.342 e. The quantitative estimate of drug-likeness (QED) is 0.868. The Morgan fingerprint density at radius 3 is 2.77 bits per heavy atom. The van der Waals surface area contributed by atoms with Gasteiger partial charge in [-0.05, 0) is 43.4 Å². The molecule has 2 amide bonds. The highest BCUT2D eigenvalue weighted by molar-refractivity contribution is 5.90. The van der Waals surface area contributed by atoms with Crippen LogP contribution in [-0.4, -0.2) is 41.9 Å². The molecule has 5 nitrogen and oxygen atoms in total. The molecule has 1 saturated carbocycles. The molecule has 2 aliphatic rings. The van der Waals surface area contributed by atoms with Crippen LogP contribution in [0.2, 0.25) is 0 Å². The van der Waals surface area contributed by atoms with Crippen molar-refractivity contribution in [3.05, 3.63) is 34.9 Å². The van der Waals surface area contributed by atoms with E-state index in [1.807, 2.05) is 11.0 Å². The smallest absolute Gasteiger partial charge is 0.247 e. The second-order valence-electron chi connectivity index (χ2n) is 6.31. The fourth-order valence-corrected chi connectivity index (χ4v) is 2.92. The van der Waals surface area contributed by atoms with Crippen LogP contribution in [0.5, 0.6) is 0 Å². The lowest BCUT2D eigenvalue weighted by Crippen LogP contribution is -2.59. The van der Waals surface area contributed by atoms with Crippen molar-refractivity contribution in [2.45, 2.75) is 45.3 Å². The van der Waals surface area contributed by atoms with Crippen molar-refractivity contribution in [3.8, 4) is 0 Å². The average molecular weight is 301 g/mol. The van der Waals surface area contributed by atoms with Crippen molar-refractivity contribution < 1.29 is 9.59 Å². The Bertz CT molecular complexity index is 596. The molecule has 22 heavy (non-hydrogen) atoms. The Hall–Kier alpha value is -1.88. The minimum Gasteiger partial charge on any atom is -0.342 e. The first kappa shape index (κ1) is 15.0. The van der Waals surface area contributed by atoms with Crippen molar-refractivity contribution in [3.63, 3.8) is 0 Å². The molecular weight excluding hydrogens is 278 g/mol. The molecule has 1 unspecified atom stereocenters. The van der Waals surface area contributed by atoms with Gasteiger partial charge in [0.1, 0.15) is 6.04 Å². The number of aryl methyl sites for hydroxylation is 1. The topological polar surface area (TPSA) is 61.4 Å². The van der Waals surface area contributed by atoms with Crippen LogP contribution in [0.1, 0.15) is 29.5 Å². The SMILES string of the molecule is Cc1cccc(CN(C(=O)C2CNCC(=O)N2)C2CC2)c1C. The fourth-order valence-electron chi connectivity index (χ4n) is 2.92. The highest BCUT2D eigenvalue weighted by Gasteiger charge is 2.37. The number of hydrogen-bond donors (Lipinski definition) is 2. The lowest BCUT2D eigenvalue weighted by molar-refractivity contribution is -0.138. The van der Waals surface area contributed by atoms with Gasteiger partial charge in [0.05, 0.1) is 6.54 Å². The summed E-state index contributed by atoms with van der Waals surface area (Å²) in [4.78, 5) is 26.2. The van der Waals surface area contributed by atoms with Crippen LogP contribution in [0.3, 0.4) is 0 Å². The first-order valence-electron chi connectivity index (χ1n) is 7.92. The molecule has 1 heterocycles. The minimum atomic E-state index is -0.438. The van der Waals surface area contributed by atoms with E-state index in [1.165, 1.54) is 16.7 Å².